The van der Waals surface area contributed by atoms with Crippen LogP contribution >= 0.6 is 12.2 Å². The fourth-order valence-electron chi connectivity index (χ4n) is 2.88. The fraction of sp³-hybridized carbons (Fsp3) is 0.533. The Morgan fingerprint density at radius 2 is 2.10 bits per heavy atom. The minimum absolute atomic E-state index is 0.355. The quantitative estimate of drug-likeness (QED) is 0.814. The molecule has 1 saturated carbocycles. The van der Waals surface area contributed by atoms with Crippen molar-refractivity contribution in [2.45, 2.75) is 31.3 Å². The molecule has 1 aliphatic rings. The number of nitrogens with two attached hydrogens (primary N) is 1. The summed E-state index contributed by atoms with van der Waals surface area (Å²) in [6.07, 6.45) is 3.88. The van der Waals surface area contributed by atoms with Crippen molar-refractivity contribution in [2.24, 2.45) is 5.73 Å². The van der Waals surface area contributed by atoms with Crippen LogP contribution in [0.3, 0.4) is 0 Å². The number of methoxy groups -OCH3 is 1. The molecule has 0 unspecified atom stereocenters. The van der Waals surface area contributed by atoms with E-state index in [-0.39, 0.29) is 0 Å². The molecule has 0 bridgehead atoms. The maximum Gasteiger partial charge on any atom is 0.120 e. The van der Waals surface area contributed by atoms with E-state index >= 15 is 0 Å². The molecule has 110 valence electrons. The normalized spacial score (nSPS) is 16.9. The smallest absolute Gasteiger partial charge is 0.120 e. The van der Waals surface area contributed by atoms with E-state index in [2.05, 4.69) is 0 Å². The Balaban J connectivity index is 2.27. The third-order valence-electron chi connectivity index (χ3n) is 3.95. The molecule has 0 heterocycles. The molecule has 1 aromatic carbocycles. The molecule has 1 fully saturated rings. The van der Waals surface area contributed by atoms with Crippen LogP contribution in [0.2, 0.25) is 0 Å². The number of thiocarbonyl (C=S) groups is 1. The number of rotatable bonds is 5. The molecule has 2 rings (SSSR count). The highest BCUT2D eigenvalue weighted by atomic mass is 32.1. The van der Waals surface area contributed by atoms with E-state index in [0.717, 1.165) is 42.7 Å². The van der Waals surface area contributed by atoms with Crippen LogP contribution in [0.4, 0.5) is 5.69 Å². The molecule has 0 atom stereocenters. The van der Waals surface area contributed by atoms with Crippen LogP contribution in [0.15, 0.2) is 18.2 Å². The van der Waals surface area contributed by atoms with E-state index < -0.39 is 5.60 Å². The average molecular weight is 294 g/mol. The number of benzene rings is 1. The number of hydrogen-bond acceptors (Lipinski definition) is 4. The molecule has 20 heavy (non-hydrogen) atoms. The van der Waals surface area contributed by atoms with Gasteiger partial charge >= 0.3 is 0 Å². The van der Waals surface area contributed by atoms with Crippen molar-refractivity contribution < 1.29 is 9.84 Å². The molecular formula is C15H22N2O2S. The van der Waals surface area contributed by atoms with Gasteiger partial charge in [0.1, 0.15) is 10.7 Å². The Morgan fingerprint density at radius 3 is 2.65 bits per heavy atom. The van der Waals surface area contributed by atoms with Gasteiger partial charge in [-0.05, 0) is 25.0 Å². The molecule has 0 amide bonds. The summed E-state index contributed by atoms with van der Waals surface area (Å²) in [6, 6.07) is 5.62. The second kappa shape index (κ2) is 5.97. The predicted octanol–water partition coefficient (Wildman–Crippen LogP) is 2.07. The van der Waals surface area contributed by atoms with Crippen molar-refractivity contribution in [1.29, 1.82) is 0 Å². The summed E-state index contributed by atoms with van der Waals surface area (Å²) < 4.78 is 5.26. The van der Waals surface area contributed by atoms with E-state index in [4.69, 9.17) is 22.7 Å². The highest BCUT2D eigenvalue weighted by molar-refractivity contribution is 7.80. The van der Waals surface area contributed by atoms with Crippen LogP contribution in [0, 0.1) is 0 Å². The first-order chi connectivity index (χ1) is 9.45. The molecule has 0 aliphatic heterocycles. The molecule has 0 saturated heterocycles. The Hall–Kier alpha value is -1.33. The first-order valence-electron chi connectivity index (χ1n) is 6.86. The lowest BCUT2D eigenvalue weighted by Crippen LogP contribution is -2.39. The van der Waals surface area contributed by atoms with Crippen LogP contribution in [-0.2, 0) is 0 Å². The number of anilines is 1. The third kappa shape index (κ3) is 3.22. The van der Waals surface area contributed by atoms with Gasteiger partial charge in [-0.15, -0.1) is 0 Å². The topological polar surface area (TPSA) is 58.7 Å². The average Bonchev–Trinajstić information content (AvgIpc) is 2.84. The minimum atomic E-state index is -0.606. The number of aliphatic hydroxyl groups is 1. The molecule has 3 N–H and O–H groups in total. The van der Waals surface area contributed by atoms with Crippen LogP contribution in [0.1, 0.15) is 31.2 Å². The van der Waals surface area contributed by atoms with Crippen molar-refractivity contribution in [1.82, 2.24) is 0 Å². The highest BCUT2D eigenvalue weighted by Gasteiger charge is 2.32. The summed E-state index contributed by atoms with van der Waals surface area (Å²) in [5.74, 6) is 0.755. The molecule has 4 nitrogen and oxygen atoms in total. The van der Waals surface area contributed by atoms with E-state index in [1.807, 2.05) is 30.1 Å². The first kappa shape index (κ1) is 15.1. The molecular weight excluding hydrogens is 272 g/mol. The van der Waals surface area contributed by atoms with Crippen LogP contribution in [0.5, 0.6) is 5.75 Å². The fourth-order valence-corrected chi connectivity index (χ4v) is 3.05. The Kier molecular flexibility index (Phi) is 4.50. The zero-order valence-corrected chi connectivity index (χ0v) is 12.9. The lowest BCUT2D eigenvalue weighted by atomic mass is 10.0. The Bertz CT molecular complexity index is 499. The Labute approximate surface area is 125 Å². The predicted molar refractivity (Wildman–Crippen MR) is 85.6 cm³/mol. The summed E-state index contributed by atoms with van der Waals surface area (Å²) in [7, 11) is 3.58. The van der Waals surface area contributed by atoms with E-state index in [1.54, 1.807) is 7.11 Å². The van der Waals surface area contributed by atoms with Gasteiger partial charge in [-0.3, -0.25) is 0 Å². The van der Waals surface area contributed by atoms with Crippen molar-refractivity contribution in [3.05, 3.63) is 23.8 Å². The zero-order chi connectivity index (χ0) is 14.8. The molecule has 1 aliphatic carbocycles. The number of nitrogens with zero attached hydrogens (tertiary/aromatic N) is 1. The zero-order valence-electron chi connectivity index (χ0n) is 12.1. The van der Waals surface area contributed by atoms with Gasteiger partial charge in [0.05, 0.1) is 18.4 Å². The minimum Gasteiger partial charge on any atom is -0.497 e. The van der Waals surface area contributed by atoms with Gasteiger partial charge in [0, 0.05) is 25.2 Å². The number of ether oxygens (including phenoxy) is 1. The number of hydrogen-bond donors (Lipinski definition) is 2. The monoisotopic (exact) mass is 294 g/mol. The maximum atomic E-state index is 10.5. The van der Waals surface area contributed by atoms with E-state index in [9.17, 15) is 5.11 Å². The molecule has 5 heteroatoms. The SMILES string of the molecule is COc1ccc(C(N)=S)c(N(C)CC2(O)CCCC2)c1. The van der Waals surface area contributed by atoms with Crippen LogP contribution < -0.4 is 15.4 Å². The number of likely N-dealkylation sites (N-methyl/N-ethyl adjacent to an activating group) is 1. The first-order valence-corrected chi connectivity index (χ1v) is 7.27. The summed E-state index contributed by atoms with van der Waals surface area (Å²) in [5, 5.41) is 10.5. The van der Waals surface area contributed by atoms with Crippen molar-refractivity contribution in [2.75, 3.05) is 25.6 Å². The highest BCUT2D eigenvalue weighted by Crippen LogP contribution is 2.33. The van der Waals surface area contributed by atoms with Gasteiger partial charge in [0.2, 0.25) is 0 Å². The van der Waals surface area contributed by atoms with E-state index in [0.29, 0.717) is 11.5 Å². The van der Waals surface area contributed by atoms with Gasteiger partial charge in [-0.25, -0.2) is 0 Å². The molecule has 0 radical (unpaired) electrons. The van der Waals surface area contributed by atoms with E-state index in [1.165, 1.54) is 0 Å². The lowest BCUT2D eigenvalue weighted by Gasteiger charge is -2.31. The van der Waals surface area contributed by atoms with Gasteiger partial charge in [0.25, 0.3) is 0 Å². The standard InChI is InChI=1S/C15H22N2O2S/c1-17(10-15(18)7-3-4-8-15)13-9-11(19-2)5-6-12(13)14(16)20/h5-6,9,18H,3-4,7-8,10H2,1-2H3,(H2,16,20). The van der Waals surface area contributed by atoms with Crippen molar-refractivity contribution >= 4 is 22.9 Å². The van der Waals surface area contributed by atoms with Crippen LogP contribution in [-0.4, -0.2) is 36.4 Å². The van der Waals surface area contributed by atoms with Gasteiger partial charge in [-0.2, -0.15) is 0 Å². The van der Waals surface area contributed by atoms with Gasteiger partial charge in [-0.1, -0.05) is 25.1 Å². The lowest BCUT2D eigenvalue weighted by molar-refractivity contribution is 0.0559. The summed E-state index contributed by atoms with van der Waals surface area (Å²) in [6.45, 7) is 0.579. The summed E-state index contributed by atoms with van der Waals surface area (Å²) in [5.41, 5.74) is 6.89. The van der Waals surface area contributed by atoms with Gasteiger partial charge in [0.15, 0.2) is 0 Å². The van der Waals surface area contributed by atoms with Gasteiger partial charge < -0.3 is 20.5 Å². The second-order valence-electron chi connectivity index (χ2n) is 5.53. The Morgan fingerprint density at radius 1 is 1.45 bits per heavy atom. The van der Waals surface area contributed by atoms with Crippen molar-refractivity contribution in [3.63, 3.8) is 0 Å². The summed E-state index contributed by atoms with van der Waals surface area (Å²) in [4.78, 5) is 2.37. The largest absolute Gasteiger partial charge is 0.497 e. The van der Waals surface area contributed by atoms with Crippen LogP contribution in [0.25, 0.3) is 0 Å². The molecule has 0 spiro atoms. The van der Waals surface area contributed by atoms with Crippen molar-refractivity contribution in [3.8, 4) is 5.75 Å². The third-order valence-corrected chi connectivity index (χ3v) is 4.17. The molecule has 1 aromatic rings. The summed E-state index contributed by atoms with van der Waals surface area (Å²) >= 11 is 5.11. The second-order valence-corrected chi connectivity index (χ2v) is 5.97. The maximum absolute atomic E-state index is 10.5. The molecule has 0 aromatic heterocycles.